The van der Waals surface area contributed by atoms with Crippen LogP contribution in [0.2, 0.25) is 0 Å². The third-order valence-electron chi connectivity index (χ3n) is 7.22. The van der Waals surface area contributed by atoms with Crippen LogP contribution < -0.4 is 9.64 Å². The summed E-state index contributed by atoms with van der Waals surface area (Å²) in [5.41, 5.74) is 2.86. The van der Waals surface area contributed by atoms with E-state index in [0.29, 0.717) is 32.7 Å². The van der Waals surface area contributed by atoms with Gasteiger partial charge in [0.15, 0.2) is 0 Å². The average molecular weight is 668 g/mol. The van der Waals surface area contributed by atoms with Crippen molar-refractivity contribution in [3.05, 3.63) is 58.9 Å². The first kappa shape index (κ1) is 40.5. The Labute approximate surface area is 277 Å². The van der Waals surface area contributed by atoms with Gasteiger partial charge < -0.3 is 24.3 Å². The molecule has 3 aliphatic heterocycles. The number of nitriles is 1. The van der Waals surface area contributed by atoms with Crippen LogP contribution in [0.25, 0.3) is 0 Å². The van der Waals surface area contributed by atoms with Gasteiger partial charge in [-0.05, 0) is 64.6 Å². The summed E-state index contributed by atoms with van der Waals surface area (Å²) in [6.07, 6.45) is 5.36. The minimum absolute atomic E-state index is 0.0346. The van der Waals surface area contributed by atoms with E-state index in [-0.39, 0.29) is 16.9 Å². The molecule has 256 valence electrons. The summed E-state index contributed by atoms with van der Waals surface area (Å²) in [5, 5.41) is 7.35. The number of ether oxygens (including phenoxy) is 1. The zero-order valence-electron chi connectivity index (χ0n) is 28.0. The van der Waals surface area contributed by atoms with Gasteiger partial charge in [-0.25, -0.2) is 0 Å². The number of anilines is 1. The molecule has 2 saturated heterocycles. The lowest BCUT2D eigenvalue weighted by molar-refractivity contribution is -0.126. The number of hydrogen-bond acceptors (Lipinski definition) is 8. The number of methoxy groups -OCH3 is 1. The van der Waals surface area contributed by atoms with Crippen LogP contribution >= 0.6 is 11.6 Å². The molecule has 9 nitrogen and oxygen atoms in total. The normalized spacial score (nSPS) is 17.0. The first-order valence-electron chi connectivity index (χ1n) is 15.5. The molecule has 4 rings (SSSR count). The topological polar surface area (TPSA) is 88.8 Å². The second-order valence-corrected chi connectivity index (χ2v) is 10.9. The Morgan fingerprint density at radius 3 is 2.20 bits per heavy atom. The van der Waals surface area contributed by atoms with Gasteiger partial charge in [-0.2, -0.15) is 28.4 Å². The molecule has 13 heteroatoms. The average Bonchev–Trinajstić information content (AvgIpc) is 3.54. The van der Waals surface area contributed by atoms with Crippen LogP contribution in [0.4, 0.5) is 19.0 Å². The molecule has 0 aromatic carbocycles. The Morgan fingerprint density at radius 1 is 1.09 bits per heavy atom. The van der Waals surface area contributed by atoms with E-state index in [2.05, 4.69) is 38.3 Å². The van der Waals surface area contributed by atoms with Gasteiger partial charge >= 0.3 is 12.2 Å². The predicted octanol–water partition coefficient (Wildman–Crippen LogP) is 6.48. The van der Waals surface area contributed by atoms with Crippen molar-refractivity contribution in [2.75, 3.05) is 64.9 Å². The van der Waals surface area contributed by atoms with Crippen LogP contribution in [-0.4, -0.2) is 96.7 Å². The summed E-state index contributed by atoms with van der Waals surface area (Å²) in [5.74, 6) is 0.761. The third-order valence-corrected chi connectivity index (χ3v) is 7.50. The van der Waals surface area contributed by atoms with Gasteiger partial charge in [0.25, 0.3) is 0 Å². The SMILES string of the molecule is C=CC(=O)N1CCN(c2nc(OC)nc3c2CCN(/C(C)=C/C=C\C(Cl)=C\CC(F)(F)F)C3)CC1.CC.CC#N.CN1CCCC1. The first-order valence-corrected chi connectivity index (χ1v) is 15.9. The van der Waals surface area contributed by atoms with Crippen molar-refractivity contribution in [1.82, 2.24) is 24.7 Å². The second kappa shape index (κ2) is 21.3. The smallest absolute Gasteiger partial charge is 0.392 e. The number of fused-ring (bicyclic) bond motifs is 1. The molecule has 1 amide bonds. The number of allylic oxidation sites excluding steroid dienone is 6. The van der Waals surface area contributed by atoms with E-state index < -0.39 is 12.6 Å². The molecular formula is C33H49ClF3N7O2. The molecule has 0 saturated carbocycles. The van der Waals surface area contributed by atoms with Gasteiger partial charge in [0, 0.05) is 55.9 Å². The highest BCUT2D eigenvalue weighted by molar-refractivity contribution is 6.31. The molecule has 1 aromatic heterocycles. The molecule has 2 fully saturated rings. The van der Waals surface area contributed by atoms with E-state index in [1.54, 1.807) is 17.0 Å². The number of nitrogens with zero attached hydrogens (tertiary/aromatic N) is 7. The minimum atomic E-state index is -4.28. The molecule has 1 aromatic rings. The van der Waals surface area contributed by atoms with Gasteiger partial charge in [0.1, 0.15) is 5.82 Å². The van der Waals surface area contributed by atoms with Crippen molar-refractivity contribution < 1.29 is 22.7 Å². The maximum atomic E-state index is 12.3. The fraction of sp³-hybridized carbons (Fsp3) is 0.576. The highest BCUT2D eigenvalue weighted by Gasteiger charge is 2.28. The van der Waals surface area contributed by atoms with Gasteiger partial charge in [-0.1, -0.05) is 44.2 Å². The maximum absolute atomic E-state index is 12.3. The Bertz CT molecular complexity index is 1230. The van der Waals surface area contributed by atoms with Crippen LogP contribution in [0.5, 0.6) is 6.01 Å². The molecule has 46 heavy (non-hydrogen) atoms. The lowest BCUT2D eigenvalue weighted by atomic mass is 10.0. The molecular weight excluding hydrogens is 619 g/mol. The number of likely N-dealkylation sites (tertiary alicyclic amines) is 1. The van der Waals surface area contributed by atoms with Crippen LogP contribution in [0.3, 0.4) is 0 Å². The Balaban J connectivity index is 0.000000824. The summed E-state index contributed by atoms with van der Waals surface area (Å²) in [6.45, 7) is 17.3. The molecule has 0 aliphatic carbocycles. The zero-order chi connectivity index (χ0) is 34.7. The number of rotatable bonds is 7. The highest BCUT2D eigenvalue weighted by Crippen LogP contribution is 2.30. The summed E-state index contributed by atoms with van der Waals surface area (Å²) >= 11 is 5.85. The van der Waals surface area contributed by atoms with Crippen molar-refractivity contribution in [3.8, 4) is 12.1 Å². The van der Waals surface area contributed by atoms with Crippen molar-refractivity contribution in [3.63, 3.8) is 0 Å². The van der Waals surface area contributed by atoms with Crippen molar-refractivity contribution >= 4 is 23.3 Å². The Morgan fingerprint density at radius 2 is 1.70 bits per heavy atom. The summed E-state index contributed by atoms with van der Waals surface area (Å²) in [4.78, 5) is 29.5. The predicted molar refractivity (Wildman–Crippen MR) is 179 cm³/mol. The molecule has 0 bridgehead atoms. The van der Waals surface area contributed by atoms with E-state index >= 15 is 0 Å². The van der Waals surface area contributed by atoms with Gasteiger partial charge in [0.05, 0.1) is 31.8 Å². The number of piperazine rings is 1. The van der Waals surface area contributed by atoms with E-state index in [0.717, 1.165) is 41.8 Å². The summed E-state index contributed by atoms with van der Waals surface area (Å²) in [7, 11) is 3.70. The molecule has 3 aliphatic rings. The second-order valence-electron chi connectivity index (χ2n) is 10.5. The monoisotopic (exact) mass is 667 g/mol. The number of carbonyl (C=O) groups excluding carboxylic acids is 1. The van der Waals surface area contributed by atoms with Crippen LogP contribution in [0.1, 0.15) is 58.2 Å². The van der Waals surface area contributed by atoms with Crippen molar-refractivity contribution in [2.24, 2.45) is 0 Å². The van der Waals surface area contributed by atoms with E-state index in [1.165, 1.54) is 52.1 Å². The lowest BCUT2D eigenvalue weighted by Crippen LogP contribution is -2.49. The van der Waals surface area contributed by atoms with Gasteiger partial charge in [-0.15, -0.1) is 0 Å². The Kier molecular flexibility index (Phi) is 18.7. The molecule has 4 heterocycles. The number of hydrogen-bond donors (Lipinski definition) is 0. The molecule has 0 atom stereocenters. The van der Waals surface area contributed by atoms with Crippen LogP contribution in [0, 0.1) is 11.3 Å². The third kappa shape index (κ3) is 14.3. The van der Waals surface area contributed by atoms with Crippen molar-refractivity contribution in [1.29, 1.82) is 5.26 Å². The standard InChI is InChI=1S/C24H29ClF3N5O2.C5H11N.C2H3N.C2H6/c1-4-21(34)31-12-14-32(15-13-31)22-19-9-11-33(16-20(19)29-23(30-22)35-3)17(2)6-5-7-18(25)8-10-24(26,27)28;1-6-4-2-3-5-6;1-2-3;1-2/h4-8H,1,9-16H2,2-3H3;2-5H2,1H3;1H3;1-2H3/b7-5-,17-6+,18-8-;;;. The Hall–Kier alpha value is -3.56. The first-order chi connectivity index (χ1) is 21.9. The molecule has 0 spiro atoms. The quantitative estimate of drug-likeness (QED) is 0.241. The van der Waals surface area contributed by atoms with Crippen LogP contribution in [0.15, 0.2) is 47.7 Å². The summed E-state index contributed by atoms with van der Waals surface area (Å²) < 4.78 is 42.3. The zero-order valence-corrected chi connectivity index (χ0v) is 28.8. The molecule has 0 unspecified atom stereocenters. The fourth-order valence-electron chi connectivity index (χ4n) is 4.85. The number of alkyl halides is 3. The highest BCUT2D eigenvalue weighted by atomic mass is 35.5. The maximum Gasteiger partial charge on any atom is 0.392 e. The van der Waals surface area contributed by atoms with E-state index in [9.17, 15) is 18.0 Å². The van der Waals surface area contributed by atoms with Gasteiger partial charge in [0.2, 0.25) is 5.91 Å². The molecule has 0 radical (unpaired) electrons. The lowest BCUT2D eigenvalue weighted by Gasteiger charge is -2.38. The fourth-order valence-corrected chi connectivity index (χ4v) is 5.00. The molecule has 0 N–H and O–H groups in total. The number of aromatic nitrogens is 2. The van der Waals surface area contributed by atoms with Crippen molar-refractivity contribution in [2.45, 2.75) is 66.1 Å². The largest absolute Gasteiger partial charge is 0.467 e. The van der Waals surface area contributed by atoms with E-state index in [1.807, 2.05) is 26.8 Å². The number of halogens is 4. The van der Waals surface area contributed by atoms with E-state index in [4.69, 9.17) is 21.6 Å². The summed E-state index contributed by atoms with van der Waals surface area (Å²) in [6, 6.07) is 2.04. The number of carbonyl (C=O) groups is 1. The minimum Gasteiger partial charge on any atom is -0.467 e. The number of amides is 1. The van der Waals surface area contributed by atoms with Gasteiger partial charge in [-0.3, -0.25) is 4.79 Å². The van der Waals surface area contributed by atoms with Crippen LogP contribution in [-0.2, 0) is 17.8 Å².